The molecule has 1 rings (SSSR count). The smallest absolute Gasteiger partial charge is 0.217 e. The van der Waals surface area contributed by atoms with E-state index in [1.54, 1.807) is 6.92 Å². The lowest BCUT2D eigenvalue weighted by Crippen LogP contribution is -2.44. The van der Waals surface area contributed by atoms with Crippen LogP contribution in [0.2, 0.25) is 0 Å². The maximum Gasteiger partial charge on any atom is 0.217 e. The predicted molar refractivity (Wildman–Crippen MR) is 54.3 cm³/mol. The van der Waals surface area contributed by atoms with Crippen LogP contribution in [0.1, 0.15) is 34.1 Å². The molecule has 2 heteroatoms. The van der Waals surface area contributed by atoms with E-state index in [2.05, 4.69) is 32.2 Å². The van der Waals surface area contributed by atoms with Gasteiger partial charge in [-0.3, -0.25) is 4.79 Å². The summed E-state index contributed by atoms with van der Waals surface area (Å²) >= 11 is 0. The zero-order valence-corrected chi connectivity index (χ0v) is 8.92. The van der Waals surface area contributed by atoms with E-state index in [1.165, 1.54) is 5.57 Å². The molecule has 0 radical (unpaired) electrons. The summed E-state index contributed by atoms with van der Waals surface area (Å²) in [5, 5.41) is 3.02. The van der Waals surface area contributed by atoms with E-state index in [0.717, 1.165) is 6.42 Å². The van der Waals surface area contributed by atoms with Crippen molar-refractivity contribution in [3.05, 3.63) is 11.6 Å². The van der Waals surface area contributed by atoms with E-state index >= 15 is 0 Å². The van der Waals surface area contributed by atoms with Crippen molar-refractivity contribution in [3.63, 3.8) is 0 Å². The van der Waals surface area contributed by atoms with Crippen molar-refractivity contribution in [3.8, 4) is 0 Å². The van der Waals surface area contributed by atoms with E-state index in [1.807, 2.05) is 0 Å². The van der Waals surface area contributed by atoms with Crippen LogP contribution in [0.15, 0.2) is 11.6 Å². The molecule has 0 saturated heterocycles. The van der Waals surface area contributed by atoms with E-state index < -0.39 is 0 Å². The molecule has 1 N–H and O–H groups in total. The van der Waals surface area contributed by atoms with Gasteiger partial charge in [0.1, 0.15) is 0 Å². The van der Waals surface area contributed by atoms with Gasteiger partial charge in [-0.25, -0.2) is 0 Å². The molecule has 0 fully saturated rings. The molecule has 74 valence electrons. The standard InChI is InChI=1S/C11H19NO/c1-7-5-8(2)11(9(3)6-7)12-10(4)13/h5,8-9,11H,6H2,1-4H3,(H,12,13)/t8-,9+,11+/m1/s1. The number of allylic oxidation sites excluding steroid dienone is 1. The van der Waals surface area contributed by atoms with Crippen molar-refractivity contribution >= 4 is 5.91 Å². The lowest BCUT2D eigenvalue weighted by molar-refractivity contribution is -0.120. The molecule has 2 nitrogen and oxygen atoms in total. The molecule has 1 aliphatic rings. The highest BCUT2D eigenvalue weighted by molar-refractivity contribution is 5.73. The van der Waals surface area contributed by atoms with Crippen LogP contribution in [0.5, 0.6) is 0 Å². The molecule has 0 saturated carbocycles. The number of hydrogen-bond donors (Lipinski definition) is 1. The molecule has 1 amide bonds. The summed E-state index contributed by atoms with van der Waals surface area (Å²) in [4.78, 5) is 11.0. The molecule has 0 unspecified atom stereocenters. The fourth-order valence-electron chi connectivity index (χ4n) is 2.28. The van der Waals surface area contributed by atoms with Crippen LogP contribution >= 0.6 is 0 Å². The molecule has 0 bridgehead atoms. The fourth-order valence-corrected chi connectivity index (χ4v) is 2.28. The molecular formula is C11H19NO. The third kappa shape index (κ3) is 2.58. The highest BCUT2D eigenvalue weighted by atomic mass is 16.1. The van der Waals surface area contributed by atoms with Gasteiger partial charge in [0, 0.05) is 13.0 Å². The first-order chi connectivity index (χ1) is 6.00. The quantitative estimate of drug-likeness (QED) is 0.617. The molecule has 0 aromatic heterocycles. The Labute approximate surface area is 80.4 Å². The van der Waals surface area contributed by atoms with Crippen LogP contribution in [0.25, 0.3) is 0 Å². The molecule has 0 spiro atoms. The Kier molecular flexibility index (Phi) is 3.12. The minimum absolute atomic E-state index is 0.0802. The van der Waals surface area contributed by atoms with Gasteiger partial charge in [0.25, 0.3) is 0 Å². The first kappa shape index (κ1) is 10.3. The van der Waals surface area contributed by atoms with Gasteiger partial charge in [0.2, 0.25) is 5.91 Å². The molecule has 1 aliphatic carbocycles. The Morgan fingerprint density at radius 2 is 2.15 bits per heavy atom. The van der Waals surface area contributed by atoms with Crippen LogP contribution in [0.3, 0.4) is 0 Å². The van der Waals surface area contributed by atoms with Gasteiger partial charge in [-0.15, -0.1) is 0 Å². The molecule has 0 aromatic rings. The summed E-state index contributed by atoms with van der Waals surface area (Å²) in [5.74, 6) is 1.10. The van der Waals surface area contributed by atoms with E-state index in [4.69, 9.17) is 0 Å². The first-order valence-corrected chi connectivity index (χ1v) is 4.95. The molecule has 0 aliphatic heterocycles. The largest absolute Gasteiger partial charge is 0.353 e. The number of carbonyl (C=O) groups is 1. The lowest BCUT2D eigenvalue weighted by Gasteiger charge is -2.33. The zero-order valence-electron chi connectivity index (χ0n) is 8.92. The Morgan fingerprint density at radius 3 is 2.62 bits per heavy atom. The summed E-state index contributed by atoms with van der Waals surface area (Å²) in [6.07, 6.45) is 3.37. The second-order valence-corrected chi connectivity index (χ2v) is 4.28. The van der Waals surface area contributed by atoms with E-state index in [-0.39, 0.29) is 5.91 Å². The van der Waals surface area contributed by atoms with Crippen LogP contribution in [0.4, 0.5) is 0 Å². The minimum Gasteiger partial charge on any atom is -0.353 e. The molecule has 13 heavy (non-hydrogen) atoms. The van der Waals surface area contributed by atoms with Crippen LogP contribution < -0.4 is 5.32 Å². The summed E-state index contributed by atoms with van der Waals surface area (Å²) in [5.41, 5.74) is 1.45. The molecule has 0 aromatic carbocycles. The highest BCUT2D eigenvalue weighted by Gasteiger charge is 2.26. The number of rotatable bonds is 1. The van der Waals surface area contributed by atoms with Crippen molar-refractivity contribution < 1.29 is 4.79 Å². The molecule has 0 heterocycles. The van der Waals surface area contributed by atoms with Crippen molar-refractivity contribution in [2.24, 2.45) is 11.8 Å². The minimum atomic E-state index is 0.0802. The highest BCUT2D eigenvalue weighted by Crippen LogP contribution is 2.27. The van der Waals surface area contributed by atoms with Gasteiger partial charge >= 0.3 is 0 Å². The summed E-state index contributed by atoms with van der Waals surface area (Å²) in [6.45, 7) is 8.12. The summed E-state index contributed by atoms with van der Waals surface area (Å²) in [7, 11) is 0. The Morgan fingerprint density at radius 1 is 1.54 bits per heavy atom. The lowest BCUT2D eigenvalue weighted by atomic mass is 9.80. The molecular weight excluding hydrogens is 162 g/mol. The zero-order chi connectivity index (χ0) is 10.0. The van der Waals surface area contributed by atoms with Gasteiger partial charge < -0.3 is 5.32 Å². The topological polar surface area (TPSA) is 29.1 Å². The van der Waals surface area contributed by atoms with Gasteiger partial charge in [-0.05, 0) is 25.2 Å². The average Bonchev–Trinajstić information content (AvgIpc) is 1.96. The number of hydrogen-bond acceptors (Lipinski definition) is 1. The van der Waals surface area contributed by atoms with E-state index in [9.17, 15) is 4.79 Å². The van der Waals surface area contributed by atoms with Crippen molar-refractivity contribution in [1.29, 1.82) is 0 Å². The maximum absolute atomic E-state index is 11.0. The number of carbonyl (C=O) groups excluding carboxylic acids is 1. The van der Waals surface area contributed by atoms with Gasteiger partial charge in [0.05, 0.1) is 0 Å². The third-order valence-corrected chi connectivity index (χ3v) is 2.74. The molecule has 3 atom stereocenters. The van der Waals surface area contributed by atoms with Gasteiger partial charge in [0.15, 0.2) is 0 Å². The van der Waals surface area contributed by atoms with Gasteiger partial charge in [-0.2, -0.15) is 0 Å². The Balaban J connectivity index is 2.68. The SMILES string of the molecule is CC(=O)N[C@H]1[C@H](C)C=C(C)C[C@@H]1C. The second-order valence-electron chi connectivity index (χ2n) is 4.28. The van der Waals surface area contributed by atoms with E-state index in [0.29, 0.717) is 17.9 Å². The van der Waals surface area contributed by atoms with Crippen molar-refractivity contribution in [2.45, 2.75) is 40.2 Å². The third-order valence-electron chi connectivity index (χ3n) is 2.74. The number of amides is 1. The van der Waals surface area contributed by atoms with Crippen LogP contribution in [0, 0.1) is 11.8 Å². The number of nitrogens with one attached hydrogen (secondary N) is 1. The summed E-state index contributed by atoms with van der Waals surface area (Å²) < 4.78 is 0. The second kappa shape index (κ2) is 3.95. The van der Waals surface area contributed by atoms with Crippen molar-refractivity contribution in [2.75, 3.05) is 0 Å². The summed E-state index contributed by atoms with van der Waals surface area (Å²) in [6, 6.07) is 0.321. The maximum atomic E-state index is 11.0. The predicted octanol–water partition coefficient (Wildman–Crippen LogP) is 2.11. The normalized spacial score (nSPS) is 33.8. The van der Waals surface area contributed by atoms with Crippen LogP contribution in [-0.2, 0) is 4.79 Å². The monoisotopic (exact) mass is 181 g/mol. The van der Waals surface area contributed by atoms with Crippen molar-refractivity contribution in [1.82, 2.24) is 5.32 Å². The average molecular weight is 181 g/mol. The Hall–Kier alpha value is -0.790. The first-order valence-electron chi connectivity index (χ1n) is 4.95. The van der Waals surface area contributed by atoms with Crippen LogP contribution in [-0.4, -0.2) is 11.9 Å². The van der Waals surface area contributed by atoms with Gasteiger partial charge in [-0.1, -0.05) is 25.5 Å². The Bertz CT molecular complexity index is 232. The fraction of sp³-hybridized carbons (Fsp3) is 0.727.